The number of carbonyl (C=O) groups is 1. The lowest BCUT2D eigenvalue weighted by Crippen LogP contribution is -2.39. The van der Waals surface area contributed by atoms with Crippen LogP contribution >= 0.6 is 22.7 Å². The van der Waals surface area contributed by atoms with Crippen molar-refractivity contribution in [1.82, 2.24) is 4.57 Å². The van der Waals surface area contributed by atoms with Gasteiger partial charge in [0.05, 0.1) is 22.1 Å². The molecule has 3 aromatic heterocycles. The van der Waals surface area contributed by atoms with Crippen molar-refractivity contribution < 1.29 is 13.9 Å². The maximum Gasteiger partial charge on any atom is 0.338 e. The Labute approximate surface area is 168 Å². The van der Waals surface area contributed by atoms with Gasteiger partial charge < -0.3 is 9.15 Å². The average molecular weight is 412 g/mol. The molecule has 28 heavy (non-hydrogen) atoms. The third kappa shape index (κ3) is 3.21. The second-order valence-corrected chi connectivity index (χ2v) is 7.99. The predicted octanol–water partition coefficient (Wildman–Crippen LogP) is 2.62. The van der Waals surface area contributed by atoms with Gasteiger partial charge in [0, 0.05) is 11.0 Å². The van der Waals surface area contributed by atoms with Crippen LogP contribution in [0.1, 0.15) is 23.6 Å². The highest BCUT2D eigenvalue weighted by Gasteiger charge is 2.33. The lowest BCUT2D eigenvalue weighted by molar-refractivity contribution is -0.138. The van der Waals surface area contributed by atoms with Gasteiger partial charge in [-0.1, -0.05) is 30.1 Å². The van der Waals surface area contributed by atoms with Crippen molar-refractivity contribution in [2.24, 2.45) is 4.99 Å². The molecule has 0 aliphatic carbocycles. The van der Waals surface area contributed by atoms with E-state index in [1.165, 1.54) is 28.7 Å². The number of thiophene rings is 1. The molecule has 6 nitrogen and oxygen atoms in total. The lowest BCUT2D eigenvalue weighted by atomic mass is 10.0. The second-order valence-electron chi connectivity index (χ2n) is 6.00. The summed E-state index contributed by atoms with van der Waals surface area (Å²) >= 11 is 2.74. The Kier molecular flexibility index (Phi) is 4.97. The largest absolute Gasteiger partial charge is 0.465 e. The first-order valence-electron chi connectivity index (χ1n) is 8.47. The summed E-state index contributed by atoms with van der Waals surface area (Å²) in [6.07, 6.45) is 4.74. The Morgan fingerprint density at radius 1 is 1.43 bits per heavy atom. The van der Waals surface area contributed by atoms with Gasteiger partial charge in [-0.15, -0.1) is 11.3 Å². The monoisotopic (exact) mass is 412 g/mol. The molecule has 4 rings (SSSR count). The number of furan rings is 1. The summed E-state index contributed by atoms with van der Waals surface area (Å²) in [6, 6.07) is 6.75. The first-order chi connectivity index (χ1) is 13.6. The highest BCUT2D eigenvalue weighted by atomic mass is 32.1. The molecule has 1 aliphatic heterocycles. The molecule has 0 spiro atoms. The Hall–Kier alpha value is -2.97. The van der Waals surface area contributed by atoms with E-state index >= 15 is 0 Å². The van der Waals surface area contributed by atoms with Gasteiger partial charge in [-0.2, -0.15) is 0 Å². The molecule has 8 heteroatoms. The predicted molar refractivity (Wildman–Crippen MR) is 108 cm³/mol. The van der Waals surface area contributed by atoms with Crippen LogP contribution < -0.4 is 14.9 Å². The van der Waals surface area contributed by atoms with Gasteiger partial charge in [-0.3, -0.25) is 9.36 Å². The summed E-state index contributed by atoms with van der Waals surface area (Å²) < 4.78 is 12.6. The molecule has 0 bridgehead atoms. The van der Waals surface area contributed by atoms with E-state index in [0.29, 0.717) is 26.4 Å². The number of thiazole rings is 1. The first kappa shape index (κ1) is 18.4. The zero-order chi connectivity index (χ0) is 19.7. The van der Waals surface area contributed by atoms with Crippen LogP contribution in [0, 0.1) is 0 Å². The van der Waals surface area contributed by atoms with Gasteiger partial charge in [0.1, 0.15) is 18.4 Å². The van der Waals surface area contributed by atoms with E-state index in [0.717, 1.165) is 4.88 Å². The van der Waals surface area contributed by atoms with Crippen LogP contribution in [0.15, 0.2) is 74.0 Å². The normalized spacial score (nSPS) is 16.6. The van der Waals surface area contributed by atoms with E-state index < -0.39 is 12.0 Å². The number of esters is 1. The van der Waals surface area contributed by atoms with Gasteiger partial charge >= 0.3 is 5.97 Å². The van der Waals surface area contributed by atoms with Gasteiger partial charge in [0.2, 0.25) is 0 Å². The summed E-state index contributed by atoms with van der Waals surface area (Å²) in [5.41, 5.74) is 0.680. The number of nitrogens with zero attached hydrogens (tertiary/aromatic N) is 2. The Balaban J connectivity index is 1.92. The lowest BCUT2D eigenvalue weighted by Gasteiger charge is -2.23. The first-order valence-corrected chi connectivity index (χ1v) is 10.2. The van der Waals surface area contributed by atoms with E-state index in [2.05, 4.69) is 11.6 Å². The molecule has 0 radical (unpaired) electrons. The van der Waals surface area contributed by atoms with Gasteiger partial charge in [-0.05, 0) is 30.5 Å². The number of aromatic nitrogens is 1. The maximum absolute atomic E-state index is 13.2. The molecule has 0 N–H and O–H groups in total. The summed E-state index contributed by atoms with van der Waals surface area (Å²) in [5.74, 6) is 0.0825. The van der Waals surface area contributed by atoms with Gasteiger partial charge in [0.15, 0.2) is 4.80 Å². The Bertz CT molecular complexity index is 1230. The van der Waals surface area contributed by atoms with Crippen molar-refractivity contribution >= 4 is 34.7 Å². The molecule has 0 saturated carbocycles. The quantitative estimate of drug-likeness (QED) is 0.477. The number of rotatable bonds is 5. The van der Waals surface area contributed by atoms with Crippen LogP contribution in [0.5, 0.6) is 0 Å². The fourth-order valence-corrected chi connectivity index (χ4v) is 4.86. The summed E-state index contributed by atoms with van der Waals surface area (Å²) in [6.45, 7) is 5.42. The highest BCUT2D eigenvalue weighted by Crippen LogP contribution is 2.33. The van der Waals surface area contributed by atoms with Gasteiger partial charge in [-0.25, -0.2) is 9.79 Å². The van der Waals surface area contributed by atoms with Crippen molar-refractivity contribution in [3.8, 4) is 0 Å². The SMILES string of the molecule is C=CCOC(=O)C1=C(C)N=c2s/c(=C/c3ccco3)c(=O)n2[C@H]1c1cccs1. The third-order valence-corrected chi connectivity index (χ3v) is 6.11. The van der Waals surface area contributed by atoms with E-state index in [-0.39, 0.29) is 12.2 Å². The standard InChI is InChI=1S/C20H16N2O4S2/c1-3-8-26-19(24)16-12(2)21-20-22(17(16)14-7-5-10-27-14)18(23)15(28-20)11-13-6-4-9-25-13/h3-7,9-11,17H,1,8H2,2H3/b15-11+/t17-/m0/s1. The van der Waals surface area contributed by atoms with Crippen LogP contribution in [0.4, 0.5) is 0 Å². The number of fused-ring (bicyclic) bond motifs is 1. The smallest absolute Gasteiger partial charge is 0.338 e. The zero-order valence-electron chi connectivity index (χ0n) is 15.0. The fourth-order valence-electron chi connectivity index (χ4n) is 3.01. The Morgan fingerprint density at radius 3 is 2.96 bits per heavy atom. The second kappa shape index (κ2) is 7.57. The average Bonchev–Trinajstić information content (AvgIpc) is 3.42. The molecule has 3 aromatic rings. The summed E-state index contributed by atoms with van der Waals surface area (Å²) in [4.78, 5) is 31.9. The van der Waals surface area contributed by atoms with Crippen molar-refractivity contribution in [2.45, 2.75) is 13.0 Å². The number of hydrogen-bond acceptors (Lipinski definition) is 7. The van der Waals surface area contributed by atoms with Crippen molar-refractivity contribution in [2.75, 3.05) is 6.61 Å². The summed E-state index contributed by atoms with van der Waals surface area (Å²) in [7, 11) is 0. The molecular formula is C20H16N2O4S2. The number of hydrogen-bond donors (Lipinski definition) is 0. The molecular weight excluding hydrogens is 396 g/mol. The number of allylic oxidation sites excluding steroid dienone is 1. The molecule has 0 amide bonds. The molecule has 0 fully saturated rings. The third-order valence-electron chi connectivity index (χ3n) is 4.20. The van der Waals surface area contributed by atoms with E-state index in [9.17, 15) is 9.59 Å². The topological polar surface area (TPSA) is 73.8 Å². The molecule has 0 unspecified atom stereocenters. The van der Waals surface area contributed by atoms with Crippen molar-refractivity contribution in [3.05, 3.63) is 90.2 Å². The van der Waals surface area contributed by atoms with E-state index in [1.807, 2.05) is 17.5 Å². The Morgan fingerprint density at radius 2 is 2.29 bits per heavy atom. The molecule has 1 aliphatic rings. The highest BCUT2D eigenvalue weighted by molar-refractivity contribution is 7.10. The minimum atomic E-state index is -0.577. The molecule has 0 saturated heterocycles. The fraction of sp³-hybridized carbons (Fsp3) is 0.150. The number of carbonyl (C=O) groups excluding carboxylic acids is 1. The van der Waals surface area contributed by atoms with Gasteiger partial charge in [0.25, 0.3) is 5.56 Å². The molecule has 0 aromatic carbocycles. The minimum absolute atomic E-state index is 0.0929. The van der Waals surface area contributed by atoms with E-state index in [1.54, 1.807) is 36.0 Å². The summed E-state index contributed by atoms with van der Waals surface area (Å²) in [5, 5.41) is 1.91. The molecule has 1 atom stereocenters. The van der Waals surface area contributed by atoms with Crippen LogP contribution in [-0.2, 0) is 9.53 Å². The van der Waals surface area contributed by atoms with Crippen molar-refractivity contribution in [3.63, 3.8) is 0 Å². The van der Waals surface area contributed by atoms with E-state index in [4.69, 9.17) is 9.15 Å². The zero-order valence-corrected chi connectivity index (χ0v) is 16.6. The van der Waals surface area contributed by atoms with Crippen LogP contribution in [0.3, 0.4) is 0 Å². The van der Waals surface area contributed by atoms with Crippen LogP contribution in [0.25, 0.3) is 6.08 Å². The molecule has 4 heterocycles. The maximum atomic E-state index is 13.2. The number of ether oxygens (including phenoxy) is 1. The van der Waals surface area contributed by atoms with Crippen LogP contribution in [-0.4, -0.2) is 17.1 Å². The van der Waals surface area contributed by atoms with Crippen molar-refractivity contribution in [1.29, 1.82) is 0 Å². The minimum Gasteiger partial charge on any atom is -0.465 e. The van der Waals surface area contributed by atoms with Crippen LogP contribution in [0.2, 0.25) is 0 Å². The molecule has 142 valence electrons.